The Morgan fingerprint density at radius 1 is 1.15 bits per heavy atom. The van der Waals surface area contributed by atoms with Gasteiger partial charge in [0.2, 0.25) is 0 Å². The van der Waals surface area contributed by atoms with Crippen molar-refractivity contribution in [1.82, 2.24) is 10.2 Å². The van der Waals surface area contributed by atoms with Crippen LogP contribution in [0.4, 0.5) is 0 Å². The lowest BCUT2D eigenvalue weighted by molar-refractivity contribution is 0.251. The first kappa shape index (κ1) is 15.1. The average Bonchev–Trinajstić information content (AvgIpc) is 2.91. The fourth-order valence-electron chi connectivity index (χ4n) is 2.49. The standard InChI is InChI=1S/C17H26N2O/c1-4-11-18-15(13-19(5-2)6-3)17-12-14-9-7-8-10-16(14)20-17/h7-10,12,15,18H,4-6,11,13H2,1-3H3. The zero-order valence-corrected chi connectivity index (χ0v) is 12.9. The van der Waals surface area contributed by atoms with Crippen molar-refractivity contribution in [2.24, 2.45) is 0 Å². The van der Waals surface area contributed by atoms with E-state index in [2.05, 4.69) is 49.2 Å². The highest BCUT2D eigenvalue weighted by Crippen LogP contribution is 2.24. The Morgan fingerprint density at radius 2 is 1.90 bits per heavy atom. The van der Waals surface area contributed by atoms with Gasteiger partial charge in [-0.2, -0.15) is 0 Å². The molecule has 1 unspecified atom stereocenters. The molecule has 0 radical (unpaired) electrons. The quantitative estimate of drug-likeness (QED) is 0.793. The molecule has 3 nitrogen and oxygen atoms in total. The van der Waals surface area contributed by atoms with Gasteiger partial charge in [-0.1, -0.05) is 39.0 Å². The largest absolute Gasteiger partial charge is 0.459 e. The van der Waals surface area contributed by atoms with Crippen molar-refractivity contribution in [2.75, 3.05) is 26.2 Å². The van der Waals surface area contributed by atoms with Crippen LogP contribution in [0.25, 0.3) is 11.0 Å². The second kappa shape index (κ2) is 7.46. The smallest absolute Gasteiger partial charge is 0.134 e. The SMILES string of the molecule is CCCNC(CN(CC)CC)c1cc2ccccc2o1. The van der Waals surface area contributed by atoms with E-state index in [-0.39, 0.29) is 6.04 Å². The molecule has 1 aromatic carbocycles. The molecule has 0 aliphatic heterocycles. The first-order chi connectivity index (χ1) is 9.78. The third-order valence-electron chi connectivity index (χ3n) is 3.76. The van der Waals surface area contributed by atoms with Crippen LogP contribution in [0.2, 0.25) is 0 Å². The molecule has 110 valence electrons. The Morgan fingerprint density at radius 3 is 2.55 bits per heavy atom. The van der Waals surface area contributed by atoms with Gasteiger partial charge in [0.15, 0.2) is 0 Å². The van der Waals surface area contributed by atoms with Crippen molar-refractivity contribution < 1.29 is 4.42 Å². The Balaban J connectivity index is 2.19. The van der Waals surface area contributed by atoms with Crippen molar-refractivity contribution in [1.29, 1.82) is 0 Å². The van der Waals surface area contributed by atoms with Gasteiger partial charge in [0.1, 0.15) is 11.3 Å². The minimum absolute atomic E-state index is 0.266. The third-order valence-corrected chi connectivity index (χ3v) is 3.76. The number of likely N-dealkylation sites (N-methyl/N-ethyl adjacent to an activating group) is 1. The summed E-state index contributed by atoms with van der Waals surface area (Å²) in [4.78, 5) is 2.43. The van der Waals surface area contributed by atoms with E-state index >= 15 is 0 Å². The molecule has 0 saturated carbocycles. The van der Waals surface area contributed by atoms with Gasteiger partial charge in [0.05, 0.1) is 6.04 Å². The fraction of sp³-hybridized carbons (Fsp3) is 0.529. The van der Waals surface area contributed by atoms with Crippen LogP contribution in [0.3, 0.4) is 0 Å². The van der Waals surface area contributed by atoms with E-state index in [0.717, 1.165) is 43.9 Å². The van der Waals surface area contributed by atoms with Gasteiger partial charge in [0.25, 0.3) is 0 Å². The first-order valence-electron chi connectivity index (χ1n) is 7.72. The molecule has 0 saturated heterocycles. The lowest BCUT2D eigenvalue weighted by Crippen LogP contribution is -2.35. The molecule has 0 aliphatic carbocycles. The lowest BCUT2D eigenvalue weighted by atomic mass is 10.1. The summed E-state index contributed by atoms with van der Waals surface area (Å²) in [5, 5.41) is 4.80. The molecular formula is C17H26N2O. The minimum atomic E-state index is 0.266. The van der Waals surface area contributed by atoms with Crippen molar-refractivity contribution >= 4 is 11.0 Å². The molecule has 1 aromatic heterocycles. The van der Waals surface area contributed by atoms with E-state index < -0.39 is 0 Å². The highest BCUT2D eigenvalue weighted by Gasteiger charge is 2.18. The van der Waals surface area contributed by atoms with Gasteiger partial charge >= 0.3 is 0 Å². The Hall–Kier alpha value is -1.32. The molecule has 1 atom stereocenters. The van der Waals surface area contributed by atoms with Crippen LogP contribution in [0, 0.1) is 0 Å². The van der Waals surface area contributed by atoms with Crippen LogP contribution < -0.4 is 5.32 Å². The van der Waals surface area contributed by atoms with Crippen LogP contribution in [0.5, 0.6) is 0 Å². The number of furan rings is 1. The molecule has 0 amide bonds. The first-order valence-corrected chi connectivity index (χ1v) is 7.72. The second-order valence-electron chi connectivity index (χ2n) is 5.18. The summed E-state index contributed by atoms with van der Waals surface area (Å²) < 4.78 is 6.03. The summed E-state index contributed by atoms with van der Waals surface area (Å²) in [6.45, 7) is 10.8. The summed E-state index contributed by atoms with van der Waals surface area (Å²) in [5.41, 5.74) is 0.977. The molecule has 1 heterocycles. The van der Waals surface area contributed by atoms with Crippen molar-refractivity contribution in [3.05, 3.63) is 36.1 Å². The van der Waals surface area contributed by atoms with E-state index in [4.69, 9.17) is 4.42 Å². The zero-order chi connectivity index (χ0) is 14.4. The molecule has 0 spiro atoms. The van der Waals surface area contributed by atoms with E-state index in [1.54, 1.807) is 0 Å². The van der Waals surface area contributed by atoms with E-state index in [1.165, 1.54) is 5.39 Å². The highest BCUT2D eigenvalue weighted by atomic mass is 16.3. The number of rotatable bonds is 8. The van der Waals surface area contributed by atoms with Gasteiger partial charge in [-0.15, -0.1) is 0 Å². The Kier molecular flexibility index (Phi) is 5.62. The normalized spacial score (nSPS) is 13.2. The highest BCUT2D eigenvalue weighted by molar-refractivity contribution is 5.77. The number of hydrogen-bond donors (Lipinski definition) is 1. The second-order valence-corrected chi connectivity index (χ2v) is 5.18. The topological polar surface area (TPSA) is 28.4 Å². The van der Waals surface area contributed by atoms with Crippen LogP contribution in [-0.4, -0.2) is 31.1 Å². The number of hydrogen-bond acceptors (Lipinski definition) is 3. The van der Waals surface area contributed by atoms with Gasteiger partial charge in [-0.05, 0) is 38.2 Å². The molecule has 2 aromatic rings. The molecule has 3 heteroatoms. The predicted octanol–water partition coefficient (Wildman–Crippen LogP) is 3.82. The fourth-order valence-corrected chi connectivity index (χ4v) is 2.49. The Bertz CT molecular complexity index is 483. The lowest BCUT2D eigenvalue weighted by Gasteiger charge is -2.24. The van der Waals surface area contributed by atoms with Crippen molar-refractivity contribution in [3.63, 3.8) is 0 Å². The molecule has 1 N–H and O–H groups in total. The maximum Gasteiger partial charge on any atom is 0.134 e. The number of para-hydroxylation sites is 1. The van der Waals surface area contributed by atoms with Gasteiger partial charge in [-0.3, -0.25) is 0 Å². The summed E-state index contributed by atoms with van der Waals surface area (Å²) in [7, 11) is 0. The van der Waals surface area contributed by atoms with Crippen molar-refractivity contribution in [3.8, 4) is 0 Å². The average molecular weight is 274 g/mol. The number of nitrogens with one attached hydrogen (secondary N) is 1. The van der Waals surface area contributed by atoms with Crippen molar-refractivity contribution in [2.45, 2.75) is 33.2 Å². The van der Waals surface area contributed by atoms with Crippen LogP contribution >= 0.6 is 0 Å². The van der Waals surface area contributed by atoms with Crippen LogP contribution in [-0.2, 0) is 0 Å². The van der Waals surface area contributed by atoms with Gasteiger partial charge < -0.3 is 14.6 Å². The molecule has 0 bridgehead atoms. The van der Waals surface area contributed by atoms with Crippen LogP contribution in [0.1, 0.15) is 39.0 Å². The molecule has 0 fully saturated rings. The van der Waals surface area contributed by atoms with Gasteiger partial charge in [-0.25, -0.2) is 0 Å². The Labute approximate surface area is 122 Å². The number of benzene rings is 1. The molecule has 2 rings (SSSR count). The summed E-state index contributed by atoms with van der Waals surface area (Å²) in [6, 6.07) is 10.7. The predicted molar refractivity (Wildman–Crippen MR) is 85.0 cm³/mol. The van der Waals surface area contributed by atoms with E-state index in [0.29, 0.717) is 0 Å². The maximum atomic E-state index is 6.03. The number of fused-ring (bicyclic) bond motifs is 1. The summed E-state index contributed by atoms with van der Waals surface area (Å²) >= 11 is 0. The third kappa shape index (κ3) is 3.62. The summed E-state index contributed by atoms with van der Waals surface area (Å²) in [5.74, 6) is 1.05. The molecule has 20 heavy (non-hydrogen) atoms. The van der Waals surface area contributed by atoms with Crippen LogP contribution in [0.15, 0.2) is 34.7 Å². The molecular weight excluding hydrogens is 248 g/mol. The monoisotopic (exact) mass is 274 g/mol. The van der Waals surface area contributed by atoms with E-state index in [1.807, 2.05) is 12.1 Å². The zero-order valence-electron chi connectivity index (χ0n) is 12.9. The van der Waals surface area contributed by atoms with E-state index in [9.17, 15) is 0 Å². The maximum absolute atomic E-state index is 6.03. The molecule has 0 aliphatic rings. The number of nitrogens with zero attached hydrogens (tertiary/aromatic N) is 1. The van der Waals surface area contributed by atoms with Gasteiger partial charge in [0, 0.05) is 11.9 Å². The minimum Gasteiger partial charge on any atom is -0.459 e. The summed E-state index contributed by atoms with van der Waals surface area (Å²) in [6.07, 6.45) is 1.13.